The monoisotopic (exact) mass is 385 g/mol. The molecule has 0 radical (unpaired) electrons. The Morgan fingerprint density at radius 1 is 0.926 bits per heavy atom. The van der Waals surface area contributed by atoms with Crippen LogP contribution in [0.4, 0.5) is 0 Å². The molecule has 0 unspecified atom stereocenters. The fourth-order valence-corrected chi connectivity index (χ4v) is 4.91. The van der Waals surface area contributed by atoms with Gasteiger partial charge in [-0.05, 0) is 73.7 Å². The van der Waals surface area contributed by atoms with E-state index >= 15 is 0 Å². The summed E-state index contributed by atoms with van der Waals surface area (Å²) >= 11 is 0. The molecule has 0 N–H and O–H groups in total. The maximum absolute atomic E-state index is 5.87. The molecule has 2 aromatic rings. The van der Waals surface area contributed by atoms with Gasteiger partial charge < -0.3 is 9.64 Å². The van der Waals surface area contributed by atoms with E-state index in [0.717, 1.165) is 18.3 Å². The molecule has 0 amide bonds. The van der Waals surface area contributed by atoms with Gasteiger partial charge in [-0.1, -0.05) is 54.6 Å². The topological polar surface area (TPSA) is 12.5 Å². The normalized spacial score (nSPS) is 23.9. The van der Waals surface area contributed by atoms with Gasteiger partial charge in [0.15, 0.2) is 0 Å². The van der Waals surface area contributed by atoms with Crippen molar-refractivity contribution in [1.82, 2.24) is 4.90 Å². The van der Waals surface area contributed by atoms with E-state index in [2.05, 4.69) is 59.5 Å². The molecular weight excluding hydrogens is 354 g/mol. The van der Waals surface area contributed by atoms with Crippen LogP contribution in [-0.4, -0.2) is 31.6 Å². The molecule has 0 spiro atoms. The van der Waals surface area contributed by atoms with Crippen molar-refractivity contribution in [3.05, 3.63) is 71.3 Å². The number of hydrogen-bond acceptors (Lipinski definition) is 2. The number of hydrogen-bond donors (Lipinski definition) is 0. The molecule has 2 nitrogen and oxygen atoms in total. The van der Waals surface area contributed by atoms with Gasteiger partial charge in [0, 0.05) is 13.7 Å². The summed E-state index contributed by atoms with van der Waals surface area (Å²) in [5.41, 5.74) is 4.43. The van der Waals surface area contributed by atoms with Gasteiger partial charge >= 0.3 is 0 Å². The molecule has 2 atom stereocenters. The number of nitrogens with zero attached hydrogens (tertiary/aromatic N) is 1. The number of aryl methyl sites for hydroxylation is 1. The maximum atomic E-state index is 5.87. The summed E-state index contributed by atoms with van der Waals surface area (Å²) in [6.45, 7) is 3.71. The van der Waals surface area contributed by atoms with Crippen LogP contribution >= 0.6 is 12.4 Å². The van der Waals surface area contributed by atoms with Gasteiger partial charge in [0.1, 0.15) is 0 Å². The number of ether oxygens (including phenoxy) is 1. The fraction of sp³-hybridized carbons (Fsp3) is 0.500. The number of piperidine rings is 1. The lowest BCUT2D eigenvalue weighted by molar-refractivity contribution is 0.0705. The molecule has 2 aliphatic rings. The van der Waals surface area contributed by atoms with E-state index in [9.17, 15) is 0 Å². The third-order valence-corrected chi connectivity index (χ3v) is 6.43. The predicted octanol–water partition coefficient (Wildman–Crippen LogP) is 5.63. The van der Waals surface area contributed by atoms with Gasteiger partial charge in [0.2, 0.25) is 0 Å². The zero-order valence-corrected chi connectivity index (χ0v) is 17.2. The molecule has 1 fully saturated rings. The number of halogens is 1. The molecule has 0 aromatic heterocycles. The minimum absolute atomic E-state index is 0. The molecule has 4 rings (SSSR count). The van der Waals surface area contributed by atoms with Gasteiger partial charge in [0.25, 0.3) is 0 Å². The highest BCUT2D eigenvalue weighted by Gasteiger charge is 2.27. The van der Waals surface area contributed by atoms with Crippen molar-refractivity contribution in [2.24, 2.45) is 5.92 Å². The minimum Gasteiger partial charge on any atom is -0.377 e. The van der Waals surface area contributed by atoms with Crippen LogP contribution in [0.25, 0.3) is 0 Å². The predicted molar refractivity (Wildman–Crippen MR) is 115 cm³/mol. The highest BCUT2D eigenvalue weighted by atomic mass is 35.5. The van der Waals surface area contributed by atoms with Crippen molar-refractivity contribution in [2.75, 3.05) is 26.7 Å². The number of benzene rings is 2. The van der Waals surface area contributed by atoms with Crippen molar-refractivity contribution >= 4 is 12.4 Å². The van der Waals surface area contributed by atoms with Gasteiger partial charge in [-0.3, -0.25) is 0 Å². The van der Waals surface area contributed by atoms with Crippen LogP contribution in [0.2, 0.25) is 0 Å². The standard InChI is InChI=1S/C24H31NO.ClH/c1-26-24-17-19(11-12-22-9-5-6-10-23(22)24)18-25-15-13-21(14-16-25)20-7-3-2-4-8-20;/h2-10,19,21,24H,11-18H2,1H3;1H/t19-,24+;/m0./s1. The third kappa shape index (κ3) is 4.93. The molecule has 1 heterocycles. The third-order valence-electron chi connectivity index (χ3n) is 6.43. The smallest absolute Gasteiger partial charge is 0.0826 e. The summed E-state index contributed by atoms with van der Waals surface area (Å²) < 4.78 is 5.87. The van der Waals surface area contributed by atoms with Crippen molar-refractivity contribution in [3.63, 3.8) is 0 Å². The molecule has 3 heteroatoms. The van der Waals surface area contributed by atoms with Crippen LogP contribution in [0.15, 0.2) is 54.6 Å². The minimum atomic E-state index is 0. The SMILES string of the molecule is CO[C@@H]1C[C@@H](CN2CCC(c3ccccc3)CC2)CCc2ccccc21.Cl. The number of fused-ring (bicyclic) bond motifs is 1. The molecule has 1 aliphatic heterocycles. The second kappa shape index (κ2) is 9.73. The van der Waals surface area contributed by atoms with E-state index in [1.807, 2.05) is 7.11 Å². The van der Waals surface area contributed by atoms with Crippen LogP contribution in [0.5, 0.6) is 0 Å². The summed E-state index contributed by atoms with van der Waals surface area (Å²) in [5.74, 6) is 1.48. The molecule has 2 aromatic carbocycles. The summed E-state index contributed by atoms with van der Waals surface area (Å²) in [7, 11) is 1.87. The number of methoxy groups -OCH3 is 1. The summed E-state index contributed by atoms with van der Waals surface area (Å²) in [6, 6.07) is 19.9. The van der Waals surface area contributed by atoms with Crippen molar-refractivity contribution in [2.45, 2.75) is 44.1 Å². The van der Waals surface area contributed by atoms with Gasteiger partial charge in [-0.2, -0.15) is 0 Å². The Bertz CT molecular complexity index is 697. The highest BCUT2D eigenvalue weighted by molar-refractivity contribution is 5.85. The van der Waals surface area contributed by atoms with Crippen molar-refractivity contribution in [1.29, 1.82) is 0 Å². The first-order valence-electron chi connectivity index (χ1n) is 10.2. The van der Waals surface area contributed by atoms with Gasteiger partial charge in [0.05, 0.1) is 6.10 Å². The van der Waals surface area contributed by atoms with Gasteiger partial charge in [-0.15, -0.1) is 12.4 Å². The Balaban J connectivity index is 0.00000210. The molecule has 1 aliphatic carbocycles. The van der Waals surface area contributed by atoms with E-state index in [4.69, 9.17) is 4.74 Å². The van der Waals surface area contributed by atoms with Crippen LogP contribution in [0.1, 0.15) is 54.4 Å². The van der Waals surface area contributed by atoms with E-state index in [1.54, 1.807) is 0 Å². The average Bonchev–Trinajstić information content (AvgIpc) is 2.89. The molecule has 0 saturated carbocycles. The maximum Gasteiger partial charge on any atom is 0.0826 e. The molecule has 0 bridgehead atoms. The molecule has 27 heavy (non-hydrogen) atoms. The van der Waals surface area contributed by atoms with E-state index < -0.39 is 0 Å². The molecular formula is C24H32ClNO. The van der Waals surface area contributed by atoms with Crippen LogP contribution in [-0.2, 0) is 11.2 Å². The Labute approximate surface area is 170 Å². The molecule has 1 saturated heterocycles. The first kappa shape index (κ1) is 20.4. The largest absolute Gasteiger partial charge is 0.377 e. The van der Waals surface area contributed by atoms with E-state index in [1.165, 1.54) is 62.0 Å². The lowest BCUT2D eigenvalue weighted by atomic mass is 9.88. The van der Waals surface area contributed by atoms with E-state index in [-0.39, 0.29) is 18.5 Å². The van der Waals surface area contributed by atoms with Crippen LogP contribution in [0, 0.1) is 5.92 Å². The number of rotatable bonds is 4. The summed E-state index contributed by atoms with van der Waals surface area (Å²) in [4.78, 5) is 2.70. The molecule has 146 valence electrons. The Kier molecular flexibility index (Phi) is 7.34. The van der Waals surface area contributed by atoms with Crippen molar-refractivity contribution < 1.29 is 4.74 Å². The zero-order chi connectivity index (χ0) is 17.8. The average molecular weight is 386 g/mol. The zero-order valence-electron chi connectivity index (χ0n) is 16.3. The second-order valence-corrected chi connectivity index (χ2v) is 8.05. The Hall–Kier alpha value is -1.35. The Morgan fingerprint density at radius 3 is 2.37 bits per heavy atom. The van der Waals surface area contributed by atoms with Crippen molar-refractivity contribution in [3.8, 4) is 0 Å². The van der Waals surface area contributed by atoms with Crippen LogP contribution in [0.3, 0.4) is 0 Å². The first-order chi connectivity index (χ1) is 12.8. The second-order valence-electron chi connectivity index (χ2n) is 8.05. The quantitative estimate of drug-likeness (QED) is 0.632. The van der Waals surface area contributed by atoms with Gasteiger partial charge in [-0.25, -0.2) is 0 Å². The van der Waals surface area contributed by atoms with E-state index in [0.29, 0.717) is 0 Å². The van der Waals surface area contributed by atoms with Crippen LogP contribution < -0.4 is 0 Å². The number of likely N-dealkylation sites (tertiary alicyclic amines) is 1. The first-order valence-corrected chi connectivity index (χ1v) is 10.2. The summed E-state index contributed by atoms with van der Waals surface area (Å²) in [6.07, 6.45) is 6.50. The summed E-state index contributed by atoms with van der Waals surface area (Å²) in [5, 5.41) is 0. The lowest BCUT2D eigenvalue weighted by Crippen LogP contribution is -2.37. The lowest BCUT2D eigenvalue weighted by Gasteiger charge is -2.34. The highest BCUT2D eigenvalue weighted by Crippen LogP contribution is 2.35. The fourth-order valence-electron chi connectivity index (χ4n) is 4.91. The Morgan fingerprint density at radius 2 is 1.63 bits per heavy atom.